The summed E-state index contributed by atoms with van der Waals surface area (Å²) < 4.78 is 0. The molecule has 4 rings (SSSR count). The van der Waals surface area contributed by atoms with Crippen molar-refractivity contribution in [3.05, 3.63) is 77.4 Å². The molecule has 0 bridgehead atoms. The van der Waals surface area contributed by atoms with Crippen LogP contribution in [-0.2, 0) is 6.54 Å². The molecule has 0 aromatic heterocycles. The third kappa shape index (κ3) is 7.65. The largest absolute Gasteiger partial charge is 0.478 e. The van der Waals surface area contributed by atoms with E-state index >= 15 is 0 Å². The molecule has 2 fully saturated rings. The minimum atomic E-state index is -0.863. The molecule has 2 N–H and O–H groups in total. The van der Waals surface area contributed by atoms with Gasteiger partial charge in [0.15, 0.2) is 0 Å². The average molecular weight is 463 g/mol. The van der Waals surface area contributed by atoms with Gasteiger partial charge in [0.2, 0.25) is 0 Å². The smallest absolute Gasteiger partial charge is 0.335 e. The quantitative estimate of drug-likeness (QED) is 0.570. The lowest BCUT2D eigenvalue weighted by atomic mass is 9.96. The number of carboxylic acid groups (broad SMARTS) is 1. The van der Waals surface area contributed by atoms with Crippen LogP contribution in [0.15, 0.2) is 60.7 Å². The Kier molecular flexibility index (Phi) is 10.0. The molecule has 0 radical (unpaired) electrons. The molecule has 2 atom stereocenters. The molecule has 0 spiro atoms. The van der Waals surface area contributed by atoms with Crippen LogP contribution in [0.4, 0.5) is 0 Å². The van der Waals surface area contributed by atoms with Crippen molar-refractivity contribution < 1.29 is 9.90 Å². The zero-order valence-corrected chi connectivity index (χ0v) is 19.3. The van der Waals surface area contributed by atoms with E-state index in [9.17, 15) is 4.79 Å². The highest BCUT2D eigenvalue weighted by Crippen LogP contribution is 2.33. The molecule has 1 heterocycles. The fourth-order valence-electron chi connectivity index (χ4n) is 4.14. The standard InChI is InChI=1S/C25H30N2O2.2ClH/c28-25(29)22-9-7-21(8-10-22)18-27-14-12-20(13-15-27)17-26-24-16-23(24)11-6-19-4-2-1-3-5-19;;/h1-11,20,23-24,26H,12-18H2,(H,28,29);2*1H. The maximum Gasteiger partial charge on any atom is 0.335 e. The van der Waals surface area contributed by atoms with E-state index in [-0.39, 0.29) is 24.8 Å². The Morgan fingerprint density at radius 2 is 1.71 bits per heavy atom. The van der Waals surface area contributed by atoms with Crippen molar-refractivity contribution >= 4 is 36.9 Å². The molecule has 31 heavy (non-hydrogen) atoms. The van der Waals surface area contributed by atoms with Crippen molar-refractivity contribution in [3.8, 4) is 0 Å². The van der Waals surface area contributed by atoms with Crippen LogP contribution >= 0.6 is 24.8 Å². The molecule has 1 saturated heterocycles. The first-order valence-electron chi connectivity index (χ1n) is 10.7. The number of nitrogens with zero attached hydrogens (tertiary/aromatic N) is 1. The molecule has 168 valence electrons. The Labute approximate surface area is 197 Å². The van der Waals surface area contributed by atoms with Gasteiger partial charge in [-0.15, -0.1) is 24.8 Å². The summed E-state index contributed by atoms with van der Waals surface area (Å²) in [5.41, 5.74) is 2.83. The zero-order chi connectivity index (χ0) is 20.1. The topological polar surface area (TPSA) is 52.6 Å². The van der Waals surface area contributed by atoms with Gasteiger partial charge in [0.1, 0.15) is 0 Å². The van der Waals surface area contributed by atoms with Gasteiger partial charge in [-0.05, 0) is 74.0 Å². The highest BCUT2D eigenvalue weighted by atomic mass is 35.5. The van der Waals surface area contributed by atoms with Crippen molar-refractivity contribution in [3.63, 3.8) is 0 Å². The summed E-state index contributed by atoms with van der Waals surface area (Å²) in [5, 5.41) is 12.8. The van der Waals surface area contributed by atoms with Crippen LogP contribution in [-0.4, -0.2) is 41.7 Å². The maximum absolute atomic E-state index is 11.0. The van der Waals surface area contributed by atoms with E-state index < -0.39 is 5.97 Å². The number of nitrogens with one attached hydrogen (secondary N) is 1. The molecular formula is C25H32Cl2N2O2. The average Bonchev–Trinajstić information content (AvgIpc) is 3.51. The summed E-state index contributed by atoms with van der Waals surface area (Å²) in [6, 6.07) is 18.4. The van der Waals surface area contributed by atoms with Gasteiger partial charge < -0.3 is 10.4 Å². The van der Waals surface area contributed by atoms with Gasteiger partial charge in [0.25, 0.3) is 0 Å². The number of likely N-dealkylation sites (tertiary alicyclic amines) is 1. The lowest BCUT2D eigenvalue weighted by Crippen LogP contribution is -2.37. The van der Waals surface area contributed by atoms with Gasteiger partial charge in [0, 0.05) is 12.6 Å². The lowest BCUT2D eigenvalue weighted by Gasteiger charge is -2.32. The van der Waals surface area contributed by atoms with Gasteiger partial charge >= 0.3 is 5.97 Å². The summed E-state index contributed by atoms with van der Waals surface area (Å²) in [6.07, 6.45) is 8.32. The summed E-state index contributed by atoms with van der Waals surface area (Å²) >= 11 is 0. The number of benzene rings is 2. The molecule has 1 saturated carbocycles. The van der Waals surface area contributed by atoms with E-state index in [1.165, 1.54) is 30.4 Å². The molecule has 1 aliphatic carbocycles. The molecule has 6 heteroatoms. The first-order chi connectivity index (χ1) is 14.2. The van der Waals surface area contributed by atoms with E-state index in [1.54, 1.807) is 12.1 Å². The molecule has 0 amide bonds. The fraction of sp³-hybridized carbons (Fsp3) is 0.400. The van der Waals surface area contributed by atoms with Crippen LogP contribution in [0.2, 0.25) is 0 Å². The number of piperidine rings is 1. The van der Waals surface area contributed by atoms with E-state index in [1.807, 2.05) is 12.1 Å². The third-order valence-electron chi connectivity index (χ3n) is 6.16. The van der Waals surface area contributed by atoms with E-state index in [0.717, 1.165) is 32.1 Å². The van der Waals surface area contributed by atoms with Gasteiger partial charge in [0.05, 0.1) is 5.56 Å². The molecule has 2 aromatic carbocycles. The zero-order valence-electron chi connectivity index (χ0n) is 17.7. The monoisotopic (exact) mass is 462 g/mol. The number of rotatable bonds is 8. The van der Waals surface area contributed by atoms with Crippen LogP contribution in [0.25, 0.3) is 6.08 Å². The Morgan fingerprint density at radius 3 is 2.35 bits per heavy atom. The van der Waals surface area contributed by atoms with Gasteiger partial charge in [-0.3, -0.25) is 4.90 Å². The Morgan fingerprint density at radius 1 is 1.03 bits per heavy atom. The number of halogens is 2. The van der Waals surface area contributed by atoms with Crippen LogP contribution in [0.3, 0.4) is 0 Å². The molecule has 4 nitrogen and oxygen atoms in total. The van der Waals surface area contributed by atoms with Crippen LogP contribution in [0.1, 0.15) is 40.7 Å². The van der Waals surface area contributed by atoms with E-state index in [4.69, 9.17) is 5.11 Å². The normalized spacial score (nSPS) is 21.3. The van der Waals surface area contributed by atoms with Crippen LogP contribution < -0.4 is 5.32 Å². The first kappa shape index (κ1) is 25.4. The van der Waals surface area contributed by atoms with Crippen molar-refractivity contribution in [2.75, 3.05) is 19.6 Å². The van der Waals surface area contributed by atoms with Crippen LogP contribution in [0, 0.1) is 11.8 Å². The Bertz CT molecular complexity index is 834. The minimum Gasteiger partial charge on any atom is -0.478 e. The molecule has 1 aliphatic heterocycles. The molecular weight excluding hydrogens is 431 g/mol. The fourth-order valence-corrected chi connectivity index (χ4v) is 4.14. The first-order valence-corrected chi connectivity index (χ1v) is 10.7. The lowest BCUT2D eigenvalue weighted by molar-refractivity contribution is 0.0697. The summed E-state index contributed by atoms with van der Waals surface area (Å²) in [5.74, 6) is 0.586. The summed E-state index contributed by atoms with van der Waals surface area (Å²) in [7, 11) is 0. The van der Waals surface area contributed by atoms with E-state index in [2.05, 4.69) is 52.7 Å². The highest BCUT2D eigenvalue weighted by Gasteiger charge is 2.34. The predicted molar refractivity (Wildman–Crippen MR) is 131 cm³/mol. The number of hydrogen-bond acceptors (Lipinski definition) is 3. The van der Waals surface area contributed by atoms with Crippen molar-refractivity contribution in [1.29, 1.82) is 0 Å². The van der Waals surface area contributed by atoms with Crippen LogP contribution in [0.5, 0.6) is 0 Å². The minimum absolute atomic E-state index is 0. The van der Waals surface area contributed by atoms with Gasteiger partial charge in [-0.25, -0.2) is 4.79 Å². The number of aromatic carboxylic acids is 1. The summed E-state index contributed by atoms with van der Waals surface area (Å²) in [4.78, 5) is 13.4. The second kappa shape index (κ2) is 12.3. The van der Waals surface area contributed by atoms with Crippen molar-refractivity contribution in [1.82, 2.24) is 10.2 Å². The van der Waals surface area contributed by atoms with Crippen molar-refractivity contribution in [2.45, 2.75) is 31.8 Å². The van der Waals surface area contributed by atoms with Gasteiger partial charge in [-0.1, -0.05) is 54.6 Å². The number of carboxylic acids is 1. The van der Waals surface area contributed by atoms with E-state index in [0.29, 0.717) is 17.5 Å². The highest BCUT2D eigenvalue weighted by molar-refractivity contribution is 5.87. The van der Waals surface area contributed by atoms with Crippen molar-refractivity contribution in [2.24, 2.45) is 11.8 Å². The molecule has 2 aliphatic rings. The second-order valence-electron chi connectivity index (χ2n) is 8.41. The summed E-state index contributed by atoms with van der Waals surface area (Å²) in [6.45, 7) is 4.28. The Balaban J connectivity index is 0.00000171. The number of carbonyl (C=O) groups is 1. The molecule has 2 aromatic rings. The number of hydrogen-bond donors (Lipinski definition) is 2. The molecule has 2 unspecified atom stereocenters. The SMILES string of the molecule is Cl.Cl.O=C(O)c1ccc(CN2CCC(CNC3CC3C=Cc3ccccc3)CC2)cc1. The maximum atomic E-state index is 11.0. The third-order valence-corrected chi connectivity index (χ3v) is 6.16. The Hall–Kier alpha value is -1.85. The second-order valence-corrected chi connectivity index (χ2v) is 8.41. The predicted octanol–water partition coefficient (Wildman–Crippen LogP) is 5.13. The van der Waals surface area contributed by atoms with Gasteiger partial charge in [-0.2, -0.15) is 0 Å².